The minimum atomic E-state index is -0.573. The van der Waals surface area contributed by atoms with Gasteiger partial charge in [-0.3, -0.25) is 9.59 Å². The van der Waals surface area contributed by atoms with Crippen LogP contribution in [0, 0.1) is 11.7 Å². The van der Waals surface area contributed by atoms with E-state index in [0.717, 1.165) is 4.88 Å². The number of nitrogens with one attached hydrogen (secondary N) is 1. The fraction of sp³-hybridized carbons (Fsp3) is 0.333. The highest BCUT2D eigenvalue weighted by Gasteiger charge is 2.39. The molecule has 1 N–H and O–H groups in total. The van der Waals surface area contributed by atoms with Gasteiger partial charge in [-0.25, -0.2) is 4.39 Å². The molecule has 0 bridgehead atoms. The second-order valence-corrected chi connectivity index (χ2v) is 6.95. The molecule has 0 saturated carbocycles. The summed E-state index contributed by atoms with van der Waals surface area (Å²) < 4.78 is 14.3. The number of hydrogen-bond acceptors (Lipinski definition) is 3. The molecule has 2 heterocycles. The van der Waals surface area contributed by atoms with E-state index in [0.29, 0.717) is 24.9 Å². The molecule has 1 aliphatic heterocycles. The van der Waals surface area contributed by atoms with Crippen molar-refractivity contribution in [3.05, 3.63) is 58.0 Å². The summed E-state index contributed by atoms with van der Waals surface area (Å²) in [5.74, 6) is -1.05. The first kappa shape index (κ1) is 16.6. The lowest BCUT2D eigenvalue weighted by Crippen LogP contribution is -2.46. The number of benzene rings is 1. The lowest BCUT2D eigenvalue weighted by Gasteiger charge is -2.38. The van der Waals surface area contributed by atoms with E-state index < -0.39 is 12.0 Å². The number of carbonyl (C=O) groups is 2. The van der Waals surface area contributed by atoms with Crippen LogP contribution >= 0.6 is 11.3 Å². The van der Waals surface area contributed by atoms with E-state index in [-0.39, 0.29) is 17.6 Å². The van der Waals surface area contributed by atoms with E-state index in [1.165, 1.54) is 11.0 Å². The van der Waals surface area contributed by atoms with Crippen LogP contribution in [0.2, 0.25) is 0 Å². The Hall–Kier alpha value is -2.21. The van der Waals surface area contributed by atoms with Gasteiger partial charge in [0.15, 0.2) is 0 Å². The van der Waals surface area contributed by atoms with E-state index in [1.807, 2.05) is 17.5 Å². The zero-order chi connectivity index (χ0) is 17.1. The molecule has 2 atom stereocenters. The Morgan fingerprint density at radius 1 is 1.33 bits per heavy atom. The molecule has 0 radical (unpaired) electrons. The third kappa shape index (κ3) is 3.33. The van der Waals surface area contributed by atoms with E-state index in [4.69, 9.17) is 0 Å². The Kier molecular flexibility index (Phi) is 4.94. The van der Waals surface area contributed by atoms with Crippen molar-refractivity contribution in [3.8, 4) is 0 Å². The van der Waals surface area contributed by atoms with Crippen molar-refractivity contribution in [1.82, 2.24) is 10.2 Å². The molecule has 0 spiro atoms. The summed E-state index contributed by atoms with van der Waals surface area (Å²) in [6.45, 7) is 0.453. The van der Waals surface area contributed by atoms with Gasteiger partial charge in [0, 0.05) is 23.9 Å². The summed E-state index contributed by atoms with van der Waals surface area (Å²) in [5, 5.41) is 4.88. The van der Waals surface area contributed by atoms with Crippen molar-refractivity contribution in [2.24, 2.45) is 5.92 Å². The number of rotatable bonds is 4. The first-order valence-electron chi connectivity index (χ1n) is 7.88. The van der Waals surface area contributed by atoms with E-state index >= 15 is 0 Å². The first-order valence-corrected chi connectivity index (χ1v) is 8.76. The summed E-state index contributed by atoms with van der Waals surface area (Å²) in [6, 6.07) is 9.66. The molecule has 0 unspecified atom stereocenters. The molecule has 1 fully saturated rings. The first-order chi connectivity index (χ1) is 11.6. The smallest absolute Gasteiger partial charge is 0.225 e. The van der Waals surface area contributed by atoms with Crippen LogP contribution < -0.4 is 5.32 Å². The Morgan fingerprint density at radius 2 is 2.12 bits per heavy atom. The van der Waals surface area contributed by atoms with Crippen LogP contribution in [0.4, 0.5) is 4.39 Å². The molecular formula is C18H19FN2O2S. The molecule has 2 aromatic rings. The van der Waals surface area contributed by atoms with Gasteiger partial charge in [-0.2, -0.15) is 0 Å². The van der Waals surface area contributed by atoms with Gasteiger partial charge < -0.3 is 10.2 Å². The minimum absolute atomic E-state index is 0.0643. The Morgan fingerprint density at radius 3 is 2.83 bits per heavy atom. The van der Waals surface area contributed by atoms with Crippen LogP contribution in [0.3, 0.4) is 0 Å². The number of piperidine rings is 1. The number of thiophene rings is 1. The Labute approximate surface area is 144 Å². The average Bonchev–Trinajstić information content (AvgIpc) is 3.09. The molecule has 3 rings (SSSR count). The summed E-state index contributed by atoms with van der Waals surface area (Å²) in [5.41, 5.74) is 0.393. The van der Waals surface area contributed by atoms with E-state index in [9.17, 15) is 14.0 Å². The zero-order valence-electron chi connectivity index (χ0n) is 13.4. The lowest BCUT2D eigenvalue weighted by molar-refractivity contribution is -0.141. The van der Waals surface area contributed by atoms with Gasteiger partial charge in [0.25, 0.3) is 0 Å². The van der Waals surface area contributed by atoms with Gasteiger partial charge >= 0.3 is 0 Å². The van der Waals surface area contributed by atoms with Crippen LogP contribution in [-0.4, -0.2) is 23.8 Å². The van der Waals surface area contributed by atoms with Crippen LogP contribution in [0.15, 0.2) is 41.8 Å². The predicted molar refractivity (Wildman–Crippen MR) is 90.8 cm³/mol. The largest absolute Gasteiger partial charge is 0.351 e. The second-order valence-electron chi connectivity index (χ2n) is 5.91. The maximum Gasteiger partial charge on any atom is 0.225 e. The second kappa shape index (κ2) is 7.13. The standard InChI is InChI=1S/C18H19FN2O2S/c1-21-16(22)9-8-14(17(21)13-6-2-3-7-15(13)19)18(23)20-11-12-5-4-10-24-12/h2-7,10,14,17H,8-9,11H2,1H3,(H,20,23)/t14-,17-/m1/s1. The van der Waals surface area contributed by atoms with Crippen molar-refractivity contribution in [1.29, 1.82) is 0 Å². The third-order valence-corrected chi connectivity index (χ3v) is 5.31. The van der Waals surface area contributed by atoms with Crippen molar-refractivity contribution in [2.45, 2.75) is 25.4 Å². The van der Waals surface area contributed by atoms with Crippen LogP contribution in [0.25, 0.3) is 0 Å². The van der Waals surface area contributed by atoms with Crippen molar-refractivity contribution < 1.29 is 14.0 Å². The summed E-state index contributed by atoms with van der Waals surface area (Å²) >= 11 is 1.57. The highest BCUT2D eigenvalue weighted by atomic mass is 32.1. The van der Waals surface area contributed by atoms with Gasteiger partial charge in [-0.15, -0.1) is 11.3 Å². The Balaban J connectivity index is 1.82. The van der Waals surface area contributed by atoms with Crippen LogP contribution in [0.5, 0.6) is 0 Å². The quantitative estimate of drug-likeness (QED) is 0.925. The maximum atomic E-state index is 14.3. The van der Waals surface area contributed by atoms with E-state index in [1.54, 1.807) is 36.6 Å². The Bertz CT molecular complexity index is 732. The fourth-order valence-corrected chi connectivity index (χ4v) is 3.82. The molecular weight excluding hydrogens is 327 g/mol. The average molecular weight is 346 g/mol. The fourth-order valence-electron chi connectivity index (χ4n) is 3.17. The van der Waals surface area contributed by atoms with Gasteiger partial charge in [0.05, 0.1) is 18.5 Å². The van der Waals surface area contributed by atoms with Gasteiger partial charge in [0.2, 0.25) is 11.8 Å². The SMILES string of the molecule is CN1C(=O)CC[C@@H](C(=O)NCc2cccs2)[C@H]1c1ccccc1F. The van der Waals surface area contributed by atoms with E-state index in [2.05, 4.69) is 5.32 Å². The normalized spacial score (nSPS) is 20.9. The van der Waals surface area contributed by atoms with Crippen molar-refractivity contribution in [2.75, 3.05) is 7.05 Å². The molecule has 2 amide bonds. The number of likely N-dealkylation sites (tertiary alicyclic amines) is 1. The maximum absolute atomic E-state index is 14.3. The minimum Gasteiger partial charge on any atom is -0.351 e. The molecule has 4 nitrogen and oxygen atoms in total. The van der Waals surface area contributed by atoms with Crippen molar-refractivity contribution >= 4 is 23.2 Å². The highest BCUT2D eigenvalue weighted by molar-refractivity contribution is 7.09. The molecule has 6 heteroatoms. The molecule has 1 aromatic carbocycles. The molecule has 1 saturated heterocycles. The van der Waals surface area contributed by atoms with Gasteiger partial charge in [0.1, 0.15) is 5.82 Å². The molecule has 1 aliphatic rings. The zero-order valence-corrected chi connectivity index (χ0v) is 14.2. The van der Waals surface area contributed by atoms with Crippen LogP contribution in [-0.2, 0) is 16.1 Å². The molecule has 1 aromatic heterocycles. The number of halogens is 1. The van der Waals surface area contributed by atoms with Crippen molar-refractivity contribution in [3.63, 3.8) is 0 Å². The number of nitrogens with zero attached hydrogens (tertiary/aromatic N) is 1. The number of carbonyl (C=O) groups excluding carboxylic acids is 2. The summed E-state index contributed by atoms with van der Waals surface area (Å²) in [6.07, 6.45) is 0.733. The third-order valence-electron chi connectivity index (χ3n) is 4.44. The number of amides is 2. The molecule has 0 aliphatic carbocycles. The molecule has 24 heavy (non-hydrogen) atoms. The number of hydrogen-bond donors (Lipinski definition) is 1. The lowest BCUT2D eigenvalue weighted by atomic mass is 9.83. The monoisotopic (exact) mass is 346 g/mol. The molecule has 126 valence electrons. The highest BCUT2D eigenvalue weighted by Crippen LogP contribution is 2.37. The predicted octanol–water partition coefficient (Wildman–Crippen LogP) is 3.11. The summed E-state index contributed by atoms with van der Waals surface area (Å²) in [4.78, 5) is 27.3. The topological polar surface area (TPSA) is 49.4 Å². The van der Waals surface area contributed by atoms with Crippen LogP contribution in [0.1, 0.15) is 29.3 Å². The summed E-state index contributed by atoms with van der Waals surface area (Å²) in [7, 11) is 1.64. The van der Waals surface area contributed by atoms with Gasteiger partial charge in [-0.1, -0.05) is 24.3 Å². The van der Waals surface area contributed by atoms with Gasteiger partial charge in [-0.05, 0) is 23.9 Å².